The molecule has 0 bridgehead atoms. The van der Waals surface area contributed by atoms with E-state index in [0.29, 0.717) is 12.4 Å². The quantitative estimate of drug-likeness (QED) is 0.645. The number of nitrogens with two attached hydrogens (primary N) is 1. The summed E-state index contributed by atoms with van der Waals surface area (Å²) in [7, 11) is 0. The first-order chi connectivity index (χ1) is 9.78. The van der Waals surface area contributed by atoms with Gasteiger partial charge < -0.3 is 4.90 Å². The first kappa shape index (κ1) is 12.8. The zero-order valence-corrected chi connectivity index (χ0v) is 11.0. The fourth-order valence-corrected chi connectivity index (χ4v) is 2.53. The Labute approximate surface area is 116 Å². The standard InChI is InChI=1S/C14H16FN5/c15-12-8-17-14(19-16)18-13(12)20-7-3-6-10-4-1-2-5-11(10)9-20/h1-2,4-5,8H,3,6-7,9,16H2,(H,17,18,19). The zero-order chi connectivity index (χ0) is 13.9. The van der Waals surface area contributed by atoms with Crippen LogP contribution in [0.5, 0.6) is 0 Å². The number of benzene rings is 1. The number of anilines is 2. The van der Waals surface area contributed by atoms with Crippen LogP contribution in [-0.2, 0) is 13.0 Å². The van der Waals surface area contributed by atoms with Gasteiger partial charge in [-0.1, -0.05) is 24.3 Å². The molecule has 2 aromatic rings. The largest absolute Gasteiger partial charge is 0.350 e. The summed E-state index contributed by atoms with van der Waals surface area (Å²) in [6.07, 6.45) is 3.11. The lowest BCUT2D eigenvalue weighted by molar-refractivity contribution is 0.599. The Kier molecular flexibility index (Phi) is 3.47. The second kappa shape index (κ2) is 5.42. The Morgan fingerprint density at radius 3 is 2.85 bits per heavy atom. The van der Waals surface area contributed by atoms with Crippen molar-refractivity contribution in [1.82, 2.24) is 9.97 Å². The molecule has 0 amide bonds. The van der Waals surface area contributed by atoms with Gasteiger partial charge in [-0.2, -0.15) is 4.98 Å². The lowest BCUT2D eigenvalue weighted by Crippen LogP contribution is -2.25. The Morgan fingerprint density at radius 1 is 1.25 bits per heavy atom. The van der Waals surface area contributed by atoms with Crippen molar-refractivity contribution in [2.75, 3.05) is 16.9 Å². The van der Waals surface area contributed by atoms with E-state index in [1.54, 1.807) is 0 Å². The molecule has 1 aliphatic rings. The van der Waals surface area contributed by atoms with E-state index in [9.17, 15) is 4.39 Å². The van der Waals surface area contributed by atoms with Crippen molar-refractivity contribution in [1.29, 1.82) is 0 Å². The minimum Gasteiger partial charge on any atom is -0.350 e. The molecule has 0 atom stereocenters. The molecular formula is C14H16FN5. The number of aromatic nitrogens is 2. The number of rotatable bonds is 2. The van der Waals surface area contributed by atoms with E-state index >= 15 is 0 Å². The molecule has 104 valence electrons. The van der Waals surface area contributed by atoms with Gasteiger partial charge in [0.15, 0.2) is 11.6 Å². The van der Waals surface area contributed by atoms with E-state index in [1.807, 2.05) is 17.0 Å². The fourth-order valence-electron chi connectivity index (χ4n) is 2.53. The maximum absolute atomic E-state index is 14.0. The minimum atomic E-state index is -0.427. The van der Waals surface area contributed by atoms with Crippen LogP contribution >= 0.6 is 0 Å². The lowest BCUT2D eigenvalue weighted by Gasteiger charge is -2.22. The Bertz CT molecular complexity index is 616. The van der Waals surface area contributed by atoms with E-state index in [-0.39, 0.29) is 5.95 Å². The van der Waals surface area contributed by atoms with Gasteiger partial charge in [-0.05, 0) is 24.0 Å². The average Bonchev–Trinajstić information content (AvgIpc) is 2.70. The Balaban J connectivity index is 1.95. The SMILES string of the molecule is NNc1ncc(F)c(N2CCCc3ccccc3C2)n1. The van der Waals surface area contributed by atoms with Crippen LogP contribution in [0, 0.1) is 5.82 Å². The Morgan fingerprint density at radius 2 is 2.05 bits per heavy atom. The van der Waals surface area contributed by atoms with Gasteiger partial charge in [0, 0.05) is 13.1 Å². The molecule has 0 unspecified atom stereocenters. The van der Waals surface area contributed by atoms with Gasteiger partial charge in [-0.25, -0.2) is 15.2 Å². The van der Waals surface area contributed by atoms with Gasteiger partial charge in [0.2, 0.25) is 5.95 Å². The highest BCUT2D eigenvalue weighted by Gasteiger charge is 2.19. The number of fused-ring (bicyclic) bond motifs is 1. The van der Waals surface area contributed by atoms with Gasteiger partial charge in [0.05, 0.1) is 6.20 Å². The maximum atomic E-state index is 14.0. The van der Waals surface area contributed by atoms with Crippen LogP contribution in [0.3, 0.4) is 0 Å². The monoisotopic (exact) mass is 273 g/mol. The molecule has 1 aromatic heterocycles. The molecule has 6 heteroatoms. The number of nitrogens with one attached hydrogen (secondary N) is 1. The molecule has 1 aromatic carbocycles. The molecule has 0 saturated carbocycles. The van der Waals surface area contributed by atoms with Crippen molar-refractivity contribution in [3.63, 3.8) is 0 Å². The summed E-state index contributed by atoms with van der Waals surface area (Å²) in [4.78, 5) is 9.84. The van der Waals surface area contributed by atoms with Crippen LogP contribution in [0.1, 0.15) is 17.5 Å². The summed E-state index contributed by atoms with van der Waals surface area (Å²) in [5.41, 5.74) is 4.89. The van der Waals surface area contributed by atoms with Crippen LogP contribution in [0.2, 0.25) is 0 Å². The van der Waals surface area contributed by atoms with Gasteiger partial charge in [-0.15, -0.1) is 0 Å². The molecule has 3 N–H and O–H groups in total. The van der Waals surface area contributed by atoms with E-state index in [0.717, 1.165) is 25.6 Å². The van der Waals surface area contributed by atoms with Crippen LogP contribution in [0.15, 0.2) is 30.5 Å². The number of hydrogen-bond acceptors (Lipinski definition) is 5. The molecule has 3 rings (SSSR count). The number of nitrogens with zero attached hydrogens (tertiary/aromatic N) is 3. The molecule has 0 saturated heterocycles. The smallest absolute Gasteiger partial charge is 0.239 e. The molecule has 20 heavy (non-hydrogen) atoms. The van der Waals surface area contributed by atoms with Crippen molar-refractivity contribution in [2.45, 2.75) is 19.4 Å². The van der Waals surface area contributed by atoms with Crippen LogP contribution in [0.4, 0.5) is 16.2 Å². The third-order valence-corrected chi connectivity index (χ3v) is 3.51. The van der Waals surface area contributed by atoms with E-state index < -0.39 is 5.82 Å². The van der Waals surface area contributed by atoms with Crippen molar-refractivity contribution in [2.24, 2.45) is 5.84 Å². The zero-order valence-electron chi connectivity index (χ0n) is 11.0. The van der Waals surface area contributed by atoms with Crippen molar-refractivity contribution >= 4 is 11.8 Å². The van der Waals surface area contributed by atoms with Crippen LogP contribution in [-0.4, -0.2) is 16.5 Å². The van der Waals surface area contributed by atoms with Gasteiger partial charge in [0.25, 0.3) is 0 Å². The highest BCUT2D eigenvalue weighted by atomic mass is 19.1. The van der Waals surface area contributed by atoms with Crippen molar-refractivity contribution in [3.8, 4) is 0 Å². The number of aryl methyl sites for hydroxylation is 1. The molecule has 0 spiro atoms. The van der Waals surface area contributed by atoms with Crippen LogP contribution in [0.25, 0.3) is 0 Å². The summed E-state index contributed by atoms with van der Waals surface area (Å²) in [5.74, 6) is 5.38. The number of hydrogen-bond donors (Lipinski definition) is 2. The topological polar surface area (TPSA) is 67.1 Å². The van der Waals surface area contributed by atoms with Crippen molar-refractivity contribution in [3.05, 3.63) is 47.4 Å². The van der Waals surface area contributed by atoms with E-state index in [2.05, 4.69) is 27.5 Å². The van der Waals surface area contributed by atoms with Crippen LogP contribution < -0.4 is 16.2 Å². The van der Waals surface area contributed by atoms with Gasteiger partial charge in [0.1, 0.15) is 0 Å². The normalized spacial score (nSPS) is 14.6. The lowest BCUT2D eigenvalue weighted by atomic mass is 10.0. The predicted octanol–water partition coefficient (Wildman–Crippen LogP) is 1.85. The average molecular weight is 273 g/mol. The number of halogens is 1. The summed E-state index contributed by atoms with van der Waals surface area (Å²) in [6.45, 7) is 1.40. The molecule has 0 fully saturated rings. The minimum absolute atomic E-state index is 0.221. The summed E-state index contributed by atoms with van der Waals surface area (Å²) in [6, 6.07) is 8.25. The van der Waals surface area contributed by atoms with Gasteiger partial charge >= 0.3 is 0 Å². The molecule has 0 radical (unpaired) electrons. The second-order valence-electron chi connectivity index (χ2n) is 4.80. The first-order valence-electron chi connectivity index (χ1n) is 6.59. The first-order valence-corrected chi connectivity index (χ1v) is 6.59. The van der Waals surface area contributed by atoms with E-state index in [4.69, 9.17) is 5.84 Å². The predicted molar refractivity (Wildman–Crippen MR) is 75.6 cm³/mol. The molecule has 0 aliphatic carbocycles. The highest BCUT2D eigenvalue weighted by Crippen LogP contribution is 2.24. The van der Waals surface area contributed by atoms with Gasteiger partial charge in [-0.3, -0.25) is 5.43 Å². The molecule has 1 aliphatic heterocycles. The third kappa shape index (κ3) is 2.42. The summed E-state index contributed by atoms with van der Waals surface area (Å²) in [5, 5.41) is 0. The number of nitrogen functional groups attached to an aromatic ring is 1. The molecular weight excluding hydrogens is 257 g/mol. The maximum Gasteiger partial charge on any atom is 0.239 e. The number of hydrazine groups is 1. The fraction of sp³-hybridized carbons (Fsp3) is 0.286. The Hall–Kier alpha value is -2.21. The molecule has 5 nitrogen and oxygen atoms in total. The summed E-state index contributed by atoms with van der Waals surface area (Å²) < 4.78 is 14.0. The highest BCUT2D eigenvalue weighted by molar-refractivity contribution is 5.46. The second-order valence-corrected chi connectivity index (χ2v) is 4.80. The van der Waals surface area contributed by atoms with Crippen molar-refractivity contribution < 1.29 is 4.39 Å². The molecule has 2 heterocycles. The summed E-state index contributed by atoms with van der Waals surface area (Å²) >= 11 is 0. The third-order valence-electron chi connectivity index (χ3n) is 3.51. The van der Waals surface area contributed by atoms with E-state index in [1.165, 1.54) is 11.1 Å².